The molecule has 1 heteroatoms. The van der Waals surface area contributed by atoms with E-state index in [9.17, 15) is 4.79 Å². The topological polar surface area (TPSA) is 17.1 Å². The molecule has 1 aliphatic carbocycles. The number of hydrogen-bond donors (Lipinski definition) is 0. The molecule has 0 spiro atoms. The minimum atomic E-state index is -0.187. The van der Waals surface area contributed by atoms with E-state index in [1.165, 1.54) is 25.7 Å². The Morgan fingerprint density at radius 3 is 2.77 bits per heavy atom. The molecule has 0 unspecified atom stereocenters. The highest BCUT2D eigenvalue weighted by Gasteiger charge is 2.47. The van der Waals surface area contributed by atoms with Gasteiger partial charge in [-0.2, -0.15) is 0 Å². The first-order valence-electron chi connectivity index (χ1n) is 5.32. The summed E-state index contributed by atoms with van der Waals surface area (Å²) in [6, 6.07) is 0. The number of carbonyl (C=O) groups is 1. The Bertz CT molecular complexity index is 207. The Labute approximate surface area is 81.2 Å². The minimum Gasteiger partial charge on any atom is -0.299 e. The largest absolute Gasteiger partial charge is 0.299 e. The van der Waals surface area contributed by atoms with Crippen molar-refractivity contribution in [1.29, 1.82) is 0 Å². The van der Waals surface area contributed by atoms with Crippen molar-refractivity contribution in [3.63, 3.8) is 0 Å². The zero-order valence-electron chi connectivity index (χ0n) is 8.81. The van der Waals surface area contributed by atoms with Crippen molar-refractivity contribution in [2.24, 2.45) is 11.3 Å². The third-order valence-corrected chi connectivity index (χ3v) is 3.46. The quantitative estimate of drug-likeness (QED) is 0.468. The molecule has 0 aliphatic heterocycles. The summed E-state index contributed by atoms with van der Waals surface area (Å²) in [6.45, 7) is 8.00. The molecule has 0 radical (unpaired) electrons. The van der Waals surface area contributed by atoms with Crippen molar-refractivity contribution < 1.29 is 4.79 Å². The van der Waals surface area contributed by atoms with Gasteiger partial charge in [0.2, 0.25) is 0 Å². The number of allylic oxidation sites excluding steroid dienone is 1. The van der Waals surface area contributed by atoms with E-state index in [0.717, 1.165) is 6.42 Å². The van der Waals surface area contributed by atoms with Crippen LogP contribution in [0.4, 0.5) is 0 Å². The molecule has 0 N–H and O–H groups in total. The van der Waals surface area contributed by atoms with Crippen LogP contribution < -0.4 is 0 Å². The van der Waals surface area contributed by atoms with E-state index in [0.29, 0.717) is 11.7 Å². The summed E-state index contributed by atoms with van der Waals surface area (Å²) in [6.07, 6.45) is 7.63. The van der Waals surface area contributed by atoms with Crippen LogP contribution in [-0.4, -0.2) is 5.78 Å². The normalized spacial score (nSPS) is 32.8. The zero-order valence-corrected chi connectivity index (χ0v) is 8.81. The highest BCUT2D eigenvalue weighted by atomic mass is 16.1. The second kappa shape index (κ2) is 4.08. The SMILES string of the molecule is C=C[C@@]1(C)C(=O)C[C@@H]1CCCCC. The van der Waals surface area contributed by atoms with Gasteiger partial charge in [-0.3, -0.25) is 4.79 Å². The maximum atomic E-state index is 11.4. The second-order valence-electron chi connectivity index (χ2n) is 4.31. The van der Waals surface area contributed by atoms with Gasteiger partial charge in [0, 0.05) is 11.8 Å². The Morgan fingerprint density at radius 2 is 2.31 bits per heavy atom. The summed E-state index contributed by atoms with van der Waals surface area (Å²) in [5.74, 6) is 0.952. The molecule has 1 fully saturated rings. The summed E-state index contributed by atoms with van der Waals surface area (Å²) in [4.78, 5) is 11.4. The molecule has 74 valence electrons. The lowest BCUT2D eigenvalue weighted by Gasteiger charge is -2.43. The van der Waals surface area contributed by atoms with Crippen molar-refractivity contribution >= 4 is 5.78 Å². The Kier molecular flexibility index (Phi) is 3.29. The predicted octanol–water partition coefficient (Wildman–Crippen LogP) is 3.35. The Hall–Kier alpha value is -0.590. The molecule has 13 heavy (non-hydrogen) atoms. The van der Waals surface area contributed by atoms with Gasteiger partial charge in [0.05, 0.1) is 0 Å². The molecule has 0 aromatic carbocycles. The smallest absolute Gasteiger partial charge is 0.143 e. The molecule has 1 rings (SSSR count). The summed E-state index contributed by atoms with van der Waals surface area (Å²) >= 11 is 0. The van der Waals surface area contributed by atoms with Crippen LogP contribution in [0.15, 0.2) is 12.7 Å². The third-order valence-electron chi connectivity index (χ3n) is 3.46. The molecular weight excluding hydrogens is 160 g/mol. The predicted molar refractivity (Wildman–Crippen MR) is 55.6 cm³/mol. The van der Waals surface area contributed by atoms with Gasteiger partial charge in [0.25, 0.3) is 0 Å². The standard InChI is InChI=1S/C12H20O/c1-4-6-7-8-10-9-11(13)12(10,3)5-2/h5,10H,2,4,6-9H2,1,3H3/t10-,12+/m0/s1. The van der Waals surface area contributed by atoms with Crippen LogP contribution in [0.1, 0.15) is 46.0 Å². The molecule has 0 amide bonds. The minimum absolute atomic E-state index is 0.187. The van der Waals surface area contributed by atoms with Gasteiger partial charge in [-0.1, -0.05) is 32.3 Å². The Balaban J connectivity index is 2.37. The lowest BCUT2D eigenvalue weighted by atomic mass is 9.59. The van der Waals surface area contributed by atoms with Crippen LogP contribution in [0, 0.1) is 11.3 Å². The fraction of sp³-hybridized carbons (Fsp3) is 0.750. The maximum absolute atomic E-state index is 11.4. The van der Waals surface area contributed by atoms with Crippen LogP contribution in [0.3, 0.4) is 0 Å². The number of carbonyl (C=O) groups excluding carboxylic acids is 1. The molecule has 1 saturated carbocycles. The highest BCUT2D eigenvalue weighted by Crippen LogP contribution is 2.46. The lowest BCUT2D eigenvalue weighted by Crippen LogP contribution is -2.46. The first-order chi connectivity index (χ1) is 6.15. The molecule has 1 nitrogen and oxygen atoms in total. The van der Waals surface area contributed by atoms with Gasteiger partial charge in [-0.05, 0) is 19.3 Å². The number of rotatable bonds is 5. The van der Waals surface area contributed by atoms with Crippen molar-refractivity contribution in [2.45, 2.75) is 46.0 Å². The van der Waals surface area contributed by atoms with Crippen LogP contribution >= 0.6 is 0 Å². The van der Waals surface area contributed by atoms with Crippen molar-refractivity contribution in [2.75, 3.05) is 0 Å². The monoisotopic (exact) mass is 180 g/mol. The van der Waals surface area contributed by atoms with Gasteiger partial charge < -0.3 is 0 Å². The van der Waals surface area contributed by atoms with Crippen molar-refractivity contribution in [1.82, 2.24) is 0 Å². The fourth-order valence-corrected chi connectivity index (χ4v) is 2.08. The Morgan fingerprint density at radius 1 is 1.62 bits per heavy atom. The summed E-state index contributed by atoms with van der Waals surface area (Å²) < 4.78 is 0. The van der Waals surface area contributed by atoms with E-state index in [2.05, 4.69) is 13.5 Å². The molecular formula is C12H20O. The van der Waals surface area contributed by atoms with Gasteiger partial charge in [-0.25, -0.2) is 0 Å². The van der Waals surface area contributed by atoms with Crippen LogP contribution in [0.5, 0.6) is 0 Å². The molecule has 0 aromatic heterocycles. The first-order valence-corrected chi connectivity index (χ1v) is 5.32. The van der Waals surface area contributed by atoms with E-state index < -0.39 is 0 Å². The van der Waals surface area contributed by atoms with Gasteiger partial charge in [0.15, 0.2) is 0 Å². The lowest BCUT2D eigenvalue weighted by molar-refractivity contribution is -0.140. The van der Waals surface area contributed by atoms with Crippen LogP contribution in [0.2, 0.25) is 0 Å². The molecule has 0 aromatic rings. The molecule has 0 bridgehead atoms. The van der Waals surface area contributed by atoms with E-state index in [-0.39, 0.29) is 5.41 Å². The van der Waals surface area contributed by atoms with Crippen molar-refractivity contribution in [3.05, 3.63) is 12.7 Å². The highest BCUT2D eigenvalue weighted by molar-refractivity contribution is 5.92. The number of unbranched alkanes of at least 4 members (excludes halogenated alkanes) is 2. The van der Waals surface area contributed by atoms with E-state index in [1.807, 2.05) is 13.0 Å². The van der Waals surface area contributed by atoms with E-state index >= 15 is 0 Å². The average molecular weight is 180 g/mol. The van der Waals surface area contributed by atoms with Gasteiger partial charge in [-0.15, -0.1) is 6.58 Å². The summed E-state index contributed by atoms with van der Waals surface area (Å²) in [5.41, 5.74) is -0.187. The van der Waals surface area contributed by atoms with Crippen LogP contribution in [-0.2, 0) is 4.79 Å². The second-order valence-corrected chi connectivity index (χ2v) is 4.31. The van der Waals surface area contributed by atoms with Gasteiger partial charge >= 0.3 is 0 Å². The average Bonchev–Trinajstić information content (AvgIpc) is 2.15. The third kappa shape index (κ3) is 1.84. The van der Waals surface area contributed by atoms with Crippen LogP contribution in [0.25, 0.3) is 0 Å². The molecule has 0 heterocycles. The van der Waals surface area contributed by atoms with E-state index in [4.69, 9.17) is 0 Å². The number of hydrogen-bond acceptors (Lipinski definition) is 1. The first kappa shape index (κ1) is 10.5. The number of ketones is 1. The van der Waals surface area contributed by atoms with Gasteiger partial charge in [0.1, 0.15) is 5.78 Å². The maximum Gasteiger partial charge on any atom is 0.143 e. The summed E-state index contributed by atoms with van der Waals surface area (Å²) in [5, 5.41) is 0. The van der Waals surface area contributed by atoms with Crippen molar-refractivity contribution in [3.8, 4) is 0 Å². The zero-order chi connectivity index (χ0) is 9.90. The molecule has 1 aliphatic rings. The van der Waals surface area contributed by atoms with E-state index in [1.54, 1.807) is 0 Å². The molecule has 0 saturated heterocycles. The molecule has 2 atom stereocenters. The fourth-order valence-electron chi connectivity index (χ4n) is 2.08. The summed E-state index contributed by atoms with van der Waals surface area (Å²) in [7, 11) is 0. The number of Topliss-reactive ketones (excluding diaryl/α,β-unsaturated/α-hetero) is 1.